The Bertz CT molecular complexity index is 1390. The molecule has 4 aromatic rings. The standard InChI is InChI=1S/C30H32ClN5O2S/c1-18(2)23-11-8-12-24(19(3)4)26(23)33-29(38)32-25(17-20-9-6-5-7-10-20)27(37)34-30-36-35-28(39-30)21-13-15-22(31)16-14-21/h5-16,18-19,25H,17H2,1-4H3,(H2,32,33,38)(H,34,36,37). The van der Waals surface area contributed by atoms with Gasteiger partial charge in [-0.3, -0.25) is 10.1 Å². The van der Waals surface area contributed by atoms with Crippen LogP contribution in [0.15, 0.2) is 72.8 Å². The minimum Gasteiger partial charge on any atom is -0.326 e. The Labute approximate surface area is 238 Å². The van der Waals surface area contributed by atoms with Gasteiger partial charge in [0.25, 0.3) is 0 Å². The number of aromatic nitrogens is 2. The Hall–Kier alpha value is -3.75. The van der Waals surface area contributed by atoms with Crippen LogP contribution < -0.4 is 16.0 Å². The van der Waals surface area contributed by atoms with Crippen LogP contribution in [0, 0.1) is 0 Å². The Balaban J connectivity index is 1.54. The lowest BCUT2D eigenvalue weighted by Crippen LogP contribution is -2.47. The van der Waals surface area contributed by atoms with E-state index in [4.69, 9.17) is 11.6 Å². The van der Waals surface area contributed by atoms with Gasteiger partial charge in [0.2, 0.25) is 11.0 Å². The van der Waals surface area contributed by atoms with Crippen molar-refractivity contribution in [2.75, 3.05) is 10.6 Å². The fourth-order valence-corrected chi connectivity index (χ4v) is 5.12. The second-order valence-corrected chi connectivity index (χ2v) is 11.3. The van der Waals surface area contributed by atoms with Crippen molar-refractivity contribution in [1.29, 1.82) is 0 Å². The number of benzene rings is 3. The third-order valence-electron chi connectivity index (χ3n) is 6.26. The highest BCUT2D eigenvalue weighted by Crippen LogP contribution is 2.32. The van der Waals surface area contributed by atoms with Crippen molar-refractivity contribution < 1.29 is 9.59 Å². The number of urea groups is 1. The molecule has 202 valence electrons. The number of amides is 3. The largest absolute Gasteiger partial charge is 0.326 e. The molecule has 9 heteroatoms. The van der Waals surface area contributed by atoms with E-state index in [2.05, 4.69) is 53.8 Å². The van der Waals surface area contributed by atoms with Gasteiger partial charge in [-0.1, -0.05) is 111 Å². The summed E-state index contributed by atoms with van der Waals surface area (Å²) in [6.07, 6.45) is 0.311. The highest BCUT2D eigenvalue weighted by atomic mass is 35.5. The second kappa shape index (κ2) is 12.9. The highest BCUT2D eigenvalue weighted by Gasteiger charge is 2.24. The monoisotopic (exact) mass is 561 g/mol. The molecule has 3 amide bonds. The van der Waals surface area contributed by atoms with E-state index in [1.54, 1.807) is 12.1 Å². The number of hydrogen-bond donors (Lipinski definition) is 3. The zero-order valence-electron chi connectivity index (χ0n) is 22.4. The Morgan fingerprint density at radius 3 is 2.08 bits per heavy atom. The summed E-state index contributed by atoms with van der Waals surface area (Å²) in [6, 6.07) is 21.6. The van der Waals surface area contributed by atoms with Crippen LogP contribution in [0.4, 0.5) is 15.6 Å². The number of nitrogens with one attached hydrogen (secondary N) is 3. The molecule has 0 saturated carbocycles. The fourth-order valence-electron chi connectivity index (χ4n) is 4.24. The molecule has 3 aromatic carbocycles. The summed E-state index contributed by atoms with van der Waals surface area (Å²) in [5, 5.41) is 18.7. The van der Waals surface area contributed by atoms with Crippen molar-refractivity contribution in [3.8, 4) is 10.6 Å². The molecule has 0 radical (unpaired) electrons. The molecule has 3 N–H and O–H groups in total. The van der Waals surface area contributed by atoms with E-state index in [9.17, 15) is 9.59 Å². The molecule has 0 aliphatic heterocycles. The quantitative estimate of drug-likeness (QED) is 0.197. The van der Waals surface area contributed by atoms with Gasteiger partial charge in [0.1, 0.15) is 11.0 Å². The van der Waals surface area contributed by atoms with E-state index >= 15 is 0 Å². The Morgan fingerprint density at radius 2 is 1.46 bits per heavy atom. The van der Waals surface area contributed by atoms with Crippen LogP contribution in [-0.2, 0) is 11.2 Å². The predicted molar refractivity (Wildman–Crippen MR) is 160 cm³/mol. The molecule has 4 rings (SSSR count). The molecule has 0 saturated heterocycles. The minimum absolute atomic E-state index is 0.217. The number of para-hydroxylation sites is 1. The highest BCUT2D eigenvalue weighted by molar-refractivity contribution is 7.18. The van der Waals surface area contributed by atoms with Crippen LogP contribution in [0.1, 0.15) is 56.2 Å². The first kappa shape index (κ1) is 28.3. The fraction of sp³-hybridized carbons (Fsp3) is 0.267. The summed E-state index contributed by atoms with van der Waals surface area (Å²) in [5.74, 6) is 0.0540. The molecule has 1 aromatic heterocycles. The Morgan fingerprint density at radius 1 is 0.821 bits per heavy atom. The van der Waals surface area contributed by atoms with Crippen LogP contribution in [0.25, 0.3) is 10.6 Å². The molecule has 7 nitrogen and oxygen atoms in total. The van der Waals surface area contributed by atoms with Gasteiger partial charge in [-0.2, -0.15) is 0 Å². The van der Waals surface area contributed by atoms with Crippen LogP contribution in [0.3, 0.4) is 0 Å². The molecule has 1 heterocycles. The summed E-state index contributed by atoms with van der Waals surface area (Å²) in [7, 11) is 0. The van der Waals surface area contributed by atoms with Crippen LogP contribution in [0.2, 0.25) is 5.02 Å². The normalized spacial score (nSPS) is 11.9. The van der Waals surface area contributed by atoms with Crippen molar-refractivity contribution >= 4 is 45.7 Å². The molecule has 0 aliphatic carbocycles. The molecule has 0 spiro atoms. The summed E-state index contributed by atoms with van der Waals surface area (Å²) in [4.78, 5) is 26.7. The zero-order chi connectivity index (χ0) is 27.9. The van der Waals surface area contributed by atoms with Crippen molar-refractivity contribution in [3.63, 3.8) is 0 Å². The van der Waals surface area contributed by atoms with Crippen molar-refractivity contribution in [3.05, 3.63) is 94.5 Å². The summed E-state index contributed by atoms with van der Waals surface area (Å²) < 4.78 is 0. The van der Waals surface area contributed by atoms with E-state index in [-0.39, 0.29) is 17.7 Å². The van der Waals surface area contributed by atoms with E-state index < -0.39 is 12.1 Å². The molecule has 0 fully saturated rings. The molecular formula is C30H32ClN5O2S. The molecule has 0 bridgehead atoms. The number of halogens is 1. The lowest BCUT2D eigenvalue weighted by atomic mass is 9.93. The van der Waals surface area contributed by atoms with Gasteiger partial charge < -0.3 is 10.6 Å². The van der Waals surface area contributed by atoms with E-state index in [1.807, 2.05) is 60.7 Å². The van der Waals surface area contributed by atoms with Crippen LogP contribution >= 0.6 is 22.9 Å². The topological polar surface area (TPSA) is 96.0 Å². The lowest BCUT2D eigenvalue weighted by molar-refractivity contribution is -0.117. The van der Waals surface area contributed by atoms with Crippen molar-refractivity contribution in [1.82, 2.24) is 15.5 Å². The van der Waals surface area contributed by atoms with Gasteiger partial charge in [0.05, 0.1) is 0 Å². The van der Waals surface area contributed by atoms with Gasteiger partial charge in [-0.25, -0.2) is 4.79 Å². The first-order valence-electron chi connectivity index (χ1n) is 12.9. The van der Waals surface area contributed by atoms with Crippen LogP contribution in [0.5, 0.6) is 0 Å². The van der Waals surface area contributed by atoms with Gasteiger partial charge >= 0.3 is 6.03 Å². The zero-order valence-corrected chi connectivity index (χ0v) is 23.9. The number of anilines is 2. The van der Waals surface area contributed by atoms with Gasteiger partial charge in [0, 0.05) is 22.7 Å². The van der Waals surface area contributed by atoms with E-state index in [0.29, 0.717) is 21.6 Å². The second-order valence-electron chi connectivity index (χ2n) is 9.87. The third kappa shape index (κ3) is 7.43. The predicted octanol–water partition coefficient (Wildman–Crippen LogP) is 7.48. The van der Waals surface area contributed by atoms with Crippen molar-refractivity contribution in [2.45, 2.75) is 52.0 Å². The maximum Gasteiger partial charge on any atom is 0.319 e. The SMILES string of the molecule is CC(C)c1cccc(C(C)C)c1NC(=O)NC(Cc1ccccc1)C(=O)Nc1nnc(-c2ccc(Cl)cc2)s1. The number of carbonyl (C=O) groups excluding carboxylic acids is 2. The molecule has 39 heavy (non-hydrogen) atoms. The molecule has 1 unspecified atom stereocenters. The lowest BCUT2D eigenvalue weighted by Gasteiger charge is -2.22. The van der Waals surface area contributed by atoms with Gasteiger partial charge in [-0.05, 0) is 40.7 Å². The summed E-state index contributed by atoms with van der Waals surface area (Å²) in [6.45, 7) is 8.37. The molecule has 0 aliphatic rings. The van der Waals surface area contributed by atoms with Crippen LogP contribution in [-0.4, -0.2) is 28.2 Å². The van der Waals surface area contributed by atoms with E-state index in [0.717, 1.165) is 27.9 Å². The number of nitrogens with zero attached hydrogens (tertiary/aromatic N) is 2. The maximum atomic E-state index is 13.4. The Kier molecular flexibility index (Phi) is 9.32. The molecular weight excluding hydrogens is 530 g/mol. The third-order valence-corrected chi connectivity index (χ3v) is 7.40. The first-order valence-corrected chi connectivity index (χ1v) is 14.0. The number of hydrogen-bond acceptors (Lipinski definition) is 5. The minimum atomic E-state index is -0.844. The summed E-state index contributed by atoms with van der Waals surface area (Å²) >= 11 is 7.24. The smallest absolute Gasteiger partial charge is 0.319 e. The molecule has 1 atom stereocenters. The number of rotatable bonds is 9. The average molecular weight is 562 g/mol. The maximum absolute atomic E-state index is 13.4. The van der Waals surface area contributed by atoms with E-state index in [1.165, 1.54) is 11.3 Å². The first-order chi connectivity index (χ1) is 18.7. The number of carbonyl (C=O) groups is 2. The summed E-state index contributed by atoms with van der Waals surface area (Å²) in [5.41, 5.74) is 4.65. The van der Waals surface area contributed by atoms with Gasteiger partial charge in [0.15, 0.2) is 0 Å². The van der Waals surface area contributed by atoms with Crippen molar-refractivity contribution in [2.24, 2.45) is 0 Å². The average Bonchev–Trinajstić information content (AvgIpc) is 3.37. The van der Waals surface area contributed by atoms with Gasteiger partial charge in [-0.15, -0.1) is 10.2 Å².